The largest absolute Gasteiger partial charge is 0.511 e. The summed E-state index contributed by atoms with van der Waals surface area (Å²) in [5.41, 5.74) is -3.88. The summed E-state index contributed by atoms with van der Waals surface area (Å²) in [7, 11) is 0. The van der Waals surface area contributed by atoms with Crippen LogP contribution < -0.4 is 0 Å². The molecule has 1 aromatic carbocycles. The standard InChI is InChI=1S/C37H48O8/c1-17(2)23-14-21(12-13-25(39)22-11-9-10-19(22)5)30(40)27-24(23)15-35(7)16-36(8)28(18(3)4)31(41)26(20(6)38)33(43)37(36,45)34(44)29(35)32(27)42/h14,17-19,22,28,40-41,44-45H,9-13,15-16H2,1-8H3/t19?,22-,28?,35+,36+,37-/m0/s1. The first-order valence-corrected chi connectivity index (χ1v) is 16.4. The second kappa shape index (κ2) is 10.9. The van der Waals surface area contributed by atoms with Crippen LogP contribution in [0.3, 0.4) is 0 Å². The van der Waals surface area contributed by atoms with Crippen molar-refractivity contribution in [1.82, 2.24) is 0 Å². The molecule has 0 amide bonds. The van der Waals surface area contributed by atoms with E-state index < -0.39 is 56.8 Å². The molecule has 5 rings (SSSR count). The lowest BCUT2D eigenvalue weighted by Crippen LogP contribution is -2.67. The van der Waals surface area contributed by atoms with Gasteiger partial charge in [-0.25, -0.2) is 0 Å². The number of benzene rings is 1. The van der Waals surface area contributed by atoms with Crippen LogP contribution in [0.2, 0.25) is 0 Å². The first kappa shape index (κ1) is 33.1. The smallest absolute Gasteiger partial charge is 0.209 e. The minimum atomic E-state index is -2.64. The van der Waals surface area contributed by atoms with Crippen LogP contribution in [-0.2, 0) is 27.2 Å². The number of ketones is 4. The van der Waals surface area contributed by atoms with Crippen molar-refractivity contribution in [2.75, 3.05) is 0 Å². The average Bonchev–Trinajstić information content (AvgIpc) is 3.35. The van der Waals surface area contributed by atoms with Gasteiger partial charge in [0.15, 0.2) is 17.2 Å². The number of aliphatic hydroxyl groups excluding tert-OH is 2. The second-order valence-corrected chi connectivity index (χ2v) is 15.4. The van der Waals surface area contributed by atoms with E-state index in [2.05, 4.69) is 6.92 Å². The molecule has 4 N–H and O–H groups in total. The average molecular weight is 621 g/mol. The normalized spacial score (nSPS) is 33.1. The van der Waals surface area contributed by atoms with Crippen molar-refractivity contribution < 1.29 is 39.6 Å². The summed E-state index contributed by atoms with van der Waals surface area (Å²) in [5.74, 6) is -4.74. The third kappa shape index (κ3) is 4.56. The number of rotatable bonds is 7. The molecule has 6 atom stereocenters. The Balaban J connectivity index is 1.68. The van der Waals surface area contributed by atoms with E-state index in [-0.39, 0.29) is 66.1 Å². The van der Waals surface area contributed by atoms with Gasteiger partial charge in [0.05, 0.1) is 5.56 Å². The predicted molar refractivity (Wildman–Crippen MR) is 169 cm³/mol. The van der Waals surface area contributed by atoms with Crippen molar-refractivity contribution in [2.45, 2.75) is 112 Å². The molecule has 0 bridgehead atoms. The fraction of sp³-hybridized carbons (Fsp3) is 0.622. The Hall–Kier alpha value is -3.26. The van der Waals surface area contributed by atoms with Gasteiger partial charge in [-0.3, -0.25) is 19.2 Å². The number of Topliss-reactive ketones (excluding diaryl/α,β-unsaturated/α-hetero) is 4. The Labute approximate surface area is 265 Å². The molecule has 0 heterocycles. The Bertz CT molecular complexity index is 1580. The molecule has 1 fully saturated rings. The number of aromatic hydroxyl groups is 1. The highest BCUT2D eigenvalue weighted by molar-refractivity contribution is 6.25. The first-order valence-electron chi connectivity index (χ1n) is 16.4. The number of carbonyl (C=O) groups is 4. The fourth-order valence-corrected chi connectivity index (χ4v) is 9.66. The number of carbonyl (C=O) groups excluding carboxylic acids is 4. The van der Waals surface area contributed by atoms with Crippen LogP contribution in [0.4, 0.5) is 0 Å². The summed E-state index contributed by atoms with van der Waals surface area (Å²) in [4.78, 5) is 54.2. The fourth-order valence-electron chi connectivity index (χ4n) is 9.66. The van der Waals surface area contributed by atoms with Crippen molar-refractivity contribution in [3.63, 3.8) is 0 Å². The van der Waals surface area contributed by atoms with Crippen LogP contribution in [-0.4, -0.2) is 49.2 Å². The molecule has 4 aliphatic carbocycles. The number of phenols is 1. The van der Waals surface area contributed by atoms with Crippen molar-refractivity contribution in [3.05, 3.63) is 51.0 Å². The van der Waals surface area contributed by atoms with Gasteiger partial charge in [0.25, 0.3) is 0 Å². The van der Waals surface area contributed by atoms with E-state index in [1.165, 1.54) is 0 Å². The van der Waals surface area contributed by atoms with E-state index in [0.29, 0.717) is 17.0 Å². The van der Waals surface area contributed by atoms with Crippen LogP contribution in [0.15, 0.2) is 28.7 Å². The van der Waals surface area contributed by atoms with Gasteiger partial charge >= 0.3 is 0 Å². The molecule has 0 aliphatic heterocycles. The Morgan fingerprint density at radius 2 is 1.69 bits per heavy atom. The summed E-state index contributed by atoms with van der Waals surface area (Å²) in [5, 5.41) is 47.2. The quantitative estimate of drug-likeness (QED) is 0.256. The zero-order valence-electron chi connectivity index (χ0n) is 27.8. The third-order valence-electron chi connectivity index (χ3n) is 11.7. The van der Waals surface area contributed by atoms with E-state index in [1.807, 2.05) is 40.7 Å². The highest BCUT2D eigenvalue weighted by atomic mass is 16.3. The number of aryl methyl sites for hydroxylation is 1. The zero-order chi connectivity index (χ0) is 33.5. The van der Waals surface area contributed by atoms with E-state index >= 15 is 0 Å². The summed E-state index contributed by atoms with van der Waals surface area (Å²) in [6.07, 6.45) is 3.72. The maximum absolute atomic E-state index is 14.5. The lowest BCUT2D eigenvalue weighted by molar-refractivity contribution is -0.171. The molecule has 0 saturated heterocycles. The minimum absolute atomic E-state index is 0.00662. The monoisotopic (exact) mass is 620 g/mol. The van der Waals surface area contributed by atoms with E-state index in [4.69, 9.17) is 0 Å². The van der Waals surface area contributed by atoms with E-state index in [9.17, 15) is 39.6 Å². The maximum Gasteiger partial charge on any atom is 0.209 e. The van der Waals surface area contributed by atoms with Crippen molar-refractivity contribution in [1.29, 1.82) is 0 Å². The third-order valence-corrected chi connectivity index (χ3v) is 11.7. The number of hydrogen-bond acceptors (Lipinski definition) is 8. The lowest BCUT2D eigenvalue weighted by Gasteiger charge is -2.59. The topological polar surface area (TPSA) is 149 Å². The molecule has 1 aromatic rings. The summed E-state index contributed by atoms with van der Waals surface area (Å²) >= 11 is 0. The van der Waals surface area contributed by atoms with Gasteiger partial charge < -0.3 is 20.4 Å². The Morgan fingerprint density at radius 3 is 2.22 bits per heavy atom. The molecular formula is C37H48O8. The number of phenolic OH excluding ortho intramolecular Hbond substituents is 1. The molecule has 45 heavy (non-hydrogen) atoms. The number of aliphatic hydroxyl groups is 3. The molecule has 2 unspecified atom stereocenters. The summed E-state index contributed by atoms with van der Waals surface area (Å²) < 4.78 is 0. The lowest BCUT2D eigenvalue weighted by atomic mass is 9.44. The van der Waals surface area contributed by atoms with Gasteiger partial charge in [0, 0.05) is 34.7 Å². The van der Waals surface area contributed by atoms with E-state index in [1.54, 1.807) is 6.92 Å². The molecule has 0 spiro atoms. The van der Waals surface area contributed by atoms with Gasteiger partial charge in [-0.2, -0.15) is 0 Å². The van der Waals surface area contributed by atoms with Gasteiger partial charge in [0.1, 0.15) is 28.6 Å². The van der Waals surface area contributed by atoms with E-state index in [0.717, 1.165) is 31.7 Å². The Kier molecular flexibility index (Phi) is 8.04. The molecule has 244 valence electrons. The van der Waals surface area contributed by atoms with Gasteiger partial charge in [0.2, 0.25) is 5.78 Å². The van der Waals surface area contributed by atoms with Crippen LogP contribution in [0.5, 0.6) is 5.75 Å². The molecule has 8 heteroatoms. The first-order chi connectivity index (χ1) is 20.8. The molecule has 0 aromatic heterocycles. The minimum Gasteiger partial charge on any atom is -0.511 e. The van der Waals surface area contributed by atoms with Crippen LogP contribution >= 0.6 is 0 Å². The molecule has 8 nitrogen and oxygen atoms in total. The molecule has 0 radical (unpaired) electrons. The molecule has 4 aliphatic rings. The Morgan fingerprint density at radius 1 is 1.04 bits per heavy atom. The van der Waals surface area contributed by atoms with Crippen molar-refractivity contribution >= 4 is 23.1 Å². The number of allylic oxidation sites excluding steroid dienone is 2. The van der Waals surface area contributed by atoms with Gasteiger partial charge in [-0.1, -0.05) is 61.0 Å². The summed E-state index contributed by atoms with van der Waals surface area (Å²) in [6.45, 7) is 14.3. The molecule has 1 saturated carbocycles. The number of hydrogen-bond donors (Lipinski definition) is 4. The maximum atomic E-state index is 14.5. The second-order valence-electron chi connectivity index (χ2n) is 15.4. The predicted octanol–water partition coefficient (Wildman–Crippen LogP) is 6.41. The highest BCUT2D eigenvalue weighted by Gasteiger charge is 2.71. The number of fused-ring (bicyclic) bond motifs is 3. The van der Waals surface area contributed by atoms with Crippen molar-refractivity contribution in [3.8, 4) is 5.75 Å². The van der Waals surface area contributed by atoms with Crippen molar-refractivity contribution in [2.24, 2.45) is 34.5 Å². The highest BCUT2D eigenvalue weighted by Crippen LogP contribution is 2.65. The summed E-state index contributed by atoms with van der Waals surface area (Å²) in [6, 6.07) is 1.89. The zero-order valence-corrected chi connectivity index (χ0v) is 27.8. The van der Waals surface area contributed by atoms with Gasteiger partial charge in [-0.15, -0.1) is 0 Å². The van der Waals surface area contributed by atoms with Crippen LogP contribution in [0, 0.1) is 34.5 Å². The van der Waals surface area contributed by atoms with Crippen LogP contribution in [0.1, 0.15) is 120 Å². The van der Waals surface area contributed by atoms with Gasteiger partial charge in [-0.05, 0) is 73.5 Å². The SMILES string of the molecule is CC(=O)C1=C(O)C(C(C)C)[C@@]2(C)C[C@@]3(C)Cc4c(C(C)C)cc(CCC(=O)[C@H]5CCCC5C)c(O)c4C(=O)C3=C(O)[C@@]2(O)C1=O. The van der Waals surface area contributed by atoms with Crippen LogP contribution in [0.25, 0.3) is 0 Å². The molecular weight excluding hydrogens is 572 g/mol.